The maximum absolute atomic E-state index is 12.1. The van der Waals surface area contributed by atoms with Crippen LogP contribution in [0.1, 0.15) is 17.5 Å². The quantitative estimate of drug-likeness (QED) is 0.676. The second-order valence-electron chi connectivity index (χ2n) is 4.43. The number of primary amides is 1. The molecule has 0 heterocycles. The maximum Gasteiger partial charge on any atom is 0.322 e. The van der Waals surface area contributed by atoms with Gasteiger partial charge in [-0.15, -0.1) is 0 Å². The molecule has 0 fully saturated rings. The summed E-state index contributed by atoms with van der Waals surface area (Å²) in [7, 11) is -4.03. The van der Waals surface area contributed by atoms with Gasteiger partial charge in [0.25, 0.3) is 0 Å². The number of carboxylic acid groups (broad SMARTS) is 1. The predicted octanol–water partition coefficient (Wildman–Crippen LogP) is -0.0897. The van der Waals surface area contributed by atoms with Crippen molar-refractivity contribution in [3.8, 4) is 0 Å². The normalized spacial score (nSPS) is 12.9. The zero-order valence-electron chi connectivity index (χ0n) is 11.1. The molecule has 1 amide bonds. The van der Waals surface area contributed by atoms with E-state index < -0.39 is 34.4 Å². The molecule has 1 aromatic carbocycles. The highest BCUT2D eigenvalue weighted by atomic mass is 32.2. The summed E-state index contributed by atoms with van der Waals surface area (Å²) in [6.45, 7) is 3.57. The minimum Gasteiger partial charge on any atom is -0.480 e. The lowest BCUT2D eigenvalue weighted by Crippen LogP contribution is -2.43. The SMILES string of the molecule is Cc1ccc(S(=O)(=O)N[C@@H](CC(N)=O)C(=O)O)cc1C. The van der Waals surface area contributed by atoms with E-state index in [-0.39, 0.29) is 4.90 Å². The van der Waals surface area contributed by atoms with Crippen molar-refractivity contribution in [3.63, 3.8) is 0 Å². The van der Waals surface area contributed by atoms with Crippen molar-refractivity contribution < 1.29 is 23.1 Å². The molecule has 7 nitrogen and oxygen atoms in total. The van der Waals surface area contributed by atoms with Crippen molar-refractivity contribution in [2.24, 2.45) is 5.73 Å². The molecule has 1 aromatic rings. The first-order valence-electron chi connectivity index (χ1n) is 5.74. The maximum atomic E-state index is 12.1. The second kappa shape index (κ2) is 6.02. The molecule has 8 heteroatoms. The monoisotopic (exact) mass is 300 g/mol. The fourth-order valence-corrected chi connectivity index (χ4v) is 2.79. The summed E-state index contributed by atoms with van der Waals surface area (Å²) in [5.74, 6) is -2.36. The highest BCUT2D eigenvalue weighted by Crippen LogP contribution is 2.15. The van der Waals surface area contributed by atoms with E-state index >= 15 is 0 Å². The van der Waals surface area contributed by atoms with Gasteiger partial charge < -0.3 is 10.8 Å². The average molecular weight is 300 g/mol. The molecule has 0 saturated carbocycles. The number of sulfonamides is 1. The van der Waals surface area contributed by atoms with E-state index in [4.69, 9.17) is 10.8 Å². The number of aliphatic carboxylic acids is 1. The van der Waals surface area contributed by atoms with E-state index in [0.29, 0.717) is 0 Å². The summed E-state index contributed by atoms with van der Waals surface area (Å²) in [4.78, 5) is 21.6. The van der Waals surface area contributed by atoms with Crippen molar-refractivity contribution in [1.82, 2.24) is 4.72 Å². The molecule has 0 radical (unpaired) electrons. The van der Waals surface area contributed by atoms with Crippen LogP contribution >= 0.6 is 0 Å². The fraction of sp³-hybridized carbons (Fsp3) is 0.333. The lowest BCUT2D eigenvalue weighted by molar-refractivity contribution is -0.140. The van der Waals surface area contributed by atoms with Crippen LogP contribution in [0.15, 0.2) is 23.1 Å². The number of nitrogens with two attached hydrogens (primary N) is 1. The van der Waals surface area contributed by atoms with Crippen LogP contribution in [0.5, 0.6) is 0 Å². The standard InChI is InChI=1S/C12H16N2O5S/c1-7-3-4-9(5-8(7)2)20(18,19)14-10(12(16)17)6-11(13)15/h3-5,10,14H,6H2,1-2H3,(H2,13,15)(H,16,17)/t10-/m0/s1. The van der Waals surface area contributed by atoms with Crippen LogP contribution in [0.3, 0.4) is 0 Å². The Morgan fingerprint density at radius 3 is 2.35 bits per heavy atom. The molecule has 110 valence electrons. The summed E-state index contributed by atoms with van der Waals surface area (Å²) < 4.78 is 26.1. The highest BCUT2D eigenvalue weighted by molar-refractivity contribution is 7.89. The molecule has 20 heavy (non-hydrogen) atoms. The molecule has 0 bridgehead atoms. The molecule has 0 unspecified atom stereocenters. The highest BCUT2D eigenvalue weighted by Gasteiger charge is 2.27. The van der Waals surface area contributed by atoms with Gasteiger partial charge >= 0.3 is 5.97 Å². The minimum atomic E-state index is -4.03. The third-order valence-corrected chi connectivity index (χ3v) is 4.26. The lowest BCUT2D eigenvalue weighted by Gasteiger charge is -2.14. The summed E-state index contributed by atoms with van der Waals surface area (Å²) in [5, 5.41) is 8.90. The predicted molar refractivity (Wildman–Crippen MR) is 71.5 cm³/mol. The van der Waals surface area contributed by atoms with E-state index in [9.17, 15) is 18.0 Å². The van der Waals surface area contributed by atoms with Gasteiger partial charge in [0.05, 0.1) is 11.3 Å². The molecule has 0 aromatic heterocycles. The van der Waals surface area contributed by atoms with E-state index in [1.807, 2.05) is 11.6 Å². The van der Waals surface area contributed by atoms with Crippen molar-refractivity contribution in [2.45, 2.75) is 31.2 Å². The van der Waals surface area contributed by atoms with Crippen LogP contribution < -0.4 is 10.5 Å². The van der Waals surface area contributed by atoms with Gasteiger partial charge in [0.15, 0.2) is 0 Å². The fourth-order valence-electron chi connectivity index (χ4n) is 1.52. The van der Waals surface area contributed by atoms with Gasteiger partial charge in [-0.05, 0) is 37.1 Å². The van der Waals surface area contributed by atoms with Crippen LogP contribution in [-0.2, 0) is 19.6 Å². The Kier molecular flexibility index (Phi) is 4.85. The van der Waals surface area contributed by atoms with Crippen molar-refractivity contribution >= 4 is 21.9 Å². The first kappa shape index (κ1) is 16.1. The van der Waals surface area contributed by atoms with Crippen LogP contribution in [0.25, 0.3) is 0 Å². The average Bonchev–Trinajstić information content (AvgIpc) is 2.30. The zero-order chi connectivity index (χ0) is 15.5. The van der Waals surface area contributed by atoms with Crippen molar-refractivity contribution in [1.29, 1.82) is 0 Å². The Balaban J connectivity index is 3.06. The zero-order valence-corrected chi connectivity index (χ0v) is 11.9. The number of benzene rings is 1. The number of hydrogen-bond donors (Lipinski definition) is 3. The van der Waals surface area contributed by atoms with E-state index in [2.05, 4.69) is 0 Å². The summed E-state index contributed by atoms with van der Waals surface area (Å²) in [6, 6.07) is 2.83. The van der Waals surface area contributed by atoms with E-state index in [1.165, 1.54) is 12.1 Å². The van der Waals surface area contributed by atoms with E-state index in [1.54, 1.807) is 13.0 Å². The second-order valence-corrected chi connectivity index (χ2v) is 6.14. The number of amides is 1. The molecule has 0 spiro atoms. The van der Waals surface area contributed by atoms with Gasteiger partial charge in [0.2, 0.25) is 15.9 Å². The van der Waals surface area contributed by atoms with Gasteiger partial charge in [-0.2, -0.15) is 4.72 Å². The minimum absolute atomic E-state index is 0.0590. The number of aryl methyl sites for hydroxylation is 2. The van der Waals surface area contributed by atoms with Gasteiger partial charge in [-0.1, -0.05) is 6.07 Å². The molecular formula is C12H16N2O5S. The Hall–Kier alpha value is -1.93. The molecule has 1 atom stereocenters. The number of rotatable bonds is 6. The third-order valence-electron chi connectivity index (χ3n) is 2.79. The van der Waals surface area contributed by atoms with Gasteiger partial charge in [-0.3, -0.25) is 9.59 Å². The van der Waals surface area contributed by atoms with Crippen LogP contribution in [0.2, 0.25) is 0 Å². The van der Waals surface area contributed by atoms with Gasteiger partial charge in [0, 0.05) is 0 Å². The smallest absolute Gasteiger partial charge is 0.322 e. The Morgan fingerprint density at radius 2 is 1.90 bits per heavy atom. The number of carbonyl (C=O) groups is 2. The Bertz CT molecular complexity index is 639. The Labute approximate surface area is 116 Å². The summed E-state index contributed by atoms with van der Waals surface area (Å²) in [6.07, 6.45) is -0.612. The summed E-state index contributed by atoms with van der Waals surface area (Å²) in [5.41, 5.74) is 6.57. The largest absolute Gasteiger partial charge is 0.480 e. The molecule has 0 aliphatic heterocycles. The first-order valence-corrected chi connectivity index (χ1v) is 7.22. The summed E-state index contributed by atoms with van der Waals surface area (Å²) >= 11 is 0. The van der Waals surface area contributed by atoms with Crippen LogP contribution in [0, 0.1) is 13.8 Å². The number of hydrogen-bond acceptors (Lipinski definition) is 4. The van der Waals surface area contributed by atoms with Gasteiger partial charge in [0.1, 0.15) is 6.04 Å². The molecular weight excluding hydrogens is 284 g/mol. The lowest BCUT2D eigenvalue weighted by atomic mass is 10.1. The van der Waals surface area contributed by atoms with Crippen LogP contribution in [0.4, 0.5) is 0 Å². The molecule has 0 aliphatic carbocycles. The molecule has 0 aliphatic rings. The number of carboxylic acids is 1. The first-order chi connectivity index (χ1) is 9.13. The van der Waals surface area contributed by atoms with Crippen LogP contribution in [-0.4, -0.2) is 31.4 Å². The molecule has 4 N–H and O–H groups in total. The van der Waals surface area contributed by atoms with Gasteiger partial charge in [-0.25, -0.2) is 8.42 Å². The molecule has 0 saturated heterocycles. The van der Waals surface area contributed by atoms with E-state index in [0.717, 1.165) is 11.1 Å². The van der Waals surface area contributed by atoms with Crippen molar-refractivity contribution in [2.75, 3.05) is 0 Å². The number of carbonyl (C=O) groups excluding carboxylic acids is 1. The number of nitrogens with one attached hydrogen (secondary N) is 1. The topological polar surface area (TPSA) is 127 Å². The van der Waals surface area contributed by atoms with Crippen molar-refractivity contribution in [3.05, 3.63) is 29.3 Å². The molecule has 1 rings (SSSR count). The third kappa shape index (κ3) is 4.04. The Morgan fingerprint density at radius 1 is 1.30 bits per heavy atom.